The van der Waals surface area contributed by atoms with E-state index in [9.17, 15) is 0 Å². The van der Waals surface area contributed by atoms with Crippen molar-refractivity contribution in [3.05, 3.63) is 27.8 Å². The van der Waals surface area contributed by atoms with Crippen molar-refractivity contribution >= 4 is 12.6 Å². The third-order valence-electron chi connectivity index (χ3n) is 2.93. The van der Waals surface area contributed by atoms with Gasteiger partial charge < -0.3 is 12.6 Å². The van der Waals surface area contributed by atoms with Crippen LogP contribution in [0.3, 0.4) is 0 Å². The molecular formula is C11H15S-. The Kier molecular flexibility index (Phi) is 2.43. The third-order valence-corrected chi connectivity index (χ3v) is 3.54. The molecule has 66 valence electrons. The van der Waals surface area contributed by atoms with Crippen LogP contribution in [0.2, 0.25) is 0 Å². The third kappa shape index (κ3) is 1.22. The van der Waals surface area contributed by atoms with E-state index in [0.717, 1.165) is 4.90 Å². The van der Waals surface area contributed by atoms with Gasteiger partial charge in [-0.3, -0.25) is 0 Å². The summed E-state index contributed by atoms with van der Waals surface area (Å²) in [5.74, 6) is 0. The summed E-state index contributed by atoms with van der Waals surface area (Å²) in [7, 11) is 0. The van der Waals surface area contributed by atoms with E-state index in [1.54, 1.807) is 0 Å². The molecule has 0 spiro atoms. The number of hydrogen-bond donors (Lipinski definition) is 0. The predicted molar refractivity (Wildman–Crippen MR) is 55.8 cm³/mol. The fraction of sp³-hybridized carbons (Fsp3) is 0.455. The summed E-state index contributed by atoms with van der Waals surface area (Å²) >= 11 is 5.33. The molecule has 0 aliphatic carbocycles. The Balaban J connectivity index is 3.60. The Bertz CT molecular complexity index is 219. The molecular weight excluding hydrogens is 164 g/mol. The average molecular weight is 179 g/mol. The van der Waals surface area contributed by atoms with Gasteiger partial charge in [0.15, 0.2) is 0 Å². The lowest BCUT2D eigenvalue weighted by molar-refractivity contribution is 1.10. The maximum absolute atomic E-state index is 5.33. The van der Waals surface area contributed by atoms with Crippen LogP contribution < -0.4 is 0 Å². The van der Waals surface area contributed by atoms with Gasteiger partial charge in [-0.2, -0.15) is 4.90 Å². The van der Waals surface area contributed by atoms with Gasteiger partial charge in [0.2, 0.25) is 0 Å². The van der Waals surface area contributed by atoms with Crippen LogP contribution in [-0.2, 0) is 12.6 Å². The SMILES string of the molecule is Cc1c(C)c(C)c([S-])c(C)c1C. The molecule has 0 aromatic heterocycles. The van der Waals surface area contributed by atoms with E-state index in [1.165, 1.54) is 27.8 Å². The van der Waals surface area contributed by atoms with Gasteiger partial charge in [0.25, 0.3) is 0 Å². The lowest BCUT2D eigenvalue weighted by atomic mass is 9.95. The van der Waals surface area contributed by atoms with E-state index >= 15 is 0 Å². The minimum atomic E-state index is 1.04. The van der Waals surface area contributed by atoms with Crippen LogP contribution in [0, 0.1) is 34.6 Å². The molecule has 0 bridgehead atoms. The van der Waals surface area contributed by atoms with Crippen molar-refractivity contribution in [1.29, 1.82) is 0 Å². The number of hydrogen-bond acceptors (Lipinski definition) is 1. The second-order valence-electron chi connectivity index (χ2n) is 3.45. The summed E-state index contributed by atoms with van der Waals surface area (Å²) in [5.41, 5.74) is 6.63. The average Bonchev–Trinajstić information content (AvgIpc) is 2.08. The maximum Gasteiger partial charge on any atom is -0.0392 e. The molecule has 12 heavy (non-hydrogen) atoms. The lowest BCUT2D eigenvalue weighted by Gasteiger charge is -2.22. The largest absolute Gasteiger partial charge is 0.779 e. The molecule has 0 unspecified atom stereocenters. The first-order valence-corrected chi connectivity index (χ1v) is 4.61. The van der Waals surface area contributed by atoms with Gasteiger partial charge >= 0.3 is 0 Å². The monoisotopic (exact) mass is 179 g/mol. The van der Waals surface area contributed by atoms with E-state index in [-0.39, 0.29) is 0 Å². The summed E-state index contributed by atoms with van der Waals surface area (Å²) in [6, 6.07) is 0. The molecule has 0 heterocycles. The smallest absolute Gasteiger partial charge is 0.0392 e. The highest BCUT2D eigenvalue weighted by Gasteiger charge is 2.04. The number of benzene rings is 1. The highest BCUT2D eigenvalue weighted by atomic mass is 32.1. The Morgan fingerprint density at radius 2 is 0.833 bits per heavy atom. The highest BCUT2D eigenvalue weighted by molar-refractivity contribution is 7.59. The Morgan fingerprint density at radius 1 is 0.583 bits per heavy atom. The van der Waals surface area contributed by atoms with Gasteiger partial charge in [0, 0.05) is 0 Å². The topological polar surface area (TPSA) is 0 Å². The van der Waals surface area contributed by atoms with E-state index in [0.29, 0.717) is 0 Å². The Hall–Kier alpha value is -0.560. The van der Waals surface area contributed by atoms with E-state index < -0.39 is 0 Å². The van der Waals surface area contributed by atoms with Crippen molar-refractivity contribution in [3.63, 3.8) is 0 Å². The normalized spacial score (nSPS) is 10.4. The fourth-order valence-corrected chi connectivity index (χ4v) is 1.77. The van der Waals surface area contributed by atoms with Crippen molar-refractivity contribution in [3.8, 4) is 0 Å². The molecule has 0 fully saturated rings. The highest BCUT2D eigenvalue weighted by Crippen LogP contribution is 2.25. The first-order chi connectivity index (χ1) is 5.46. The van der Waals surface area contributed by atoms with Crippen LogP contribution in [0.4, 0.5) is 0 Å². The van der Waals surface area contributed by atoms with Crippen molar-refractivity contribution in [1.82, 2.24) is 0 Å². The summed E-state index contributed by atoms with van der Waals surface area (Å²) in [5, 5.41) is 0. The predicted octanol–water partition coefficient (Wildman–Crippen LogP) is 3.13. The molecule has 0 aliphatic heterocycles. The van der Waals surface area contributed by atoms with Gasteiger partial charge in [-0.1, -0.05) is 11.1 Å². The molecule has 0 atom stereocenters. The van der Waals surface area contributed by atoms with Gasteiger partial charge in [0.1, 0.15) is 0 Å². The first-order valence-electron chi connectivity index (χ1n) is 4.20. The molecule has 1 aromatic carbocycles. The molecule has 0 N–H and O–H groups in total. The first kappa shape index (κ1) is 9.53. The summed E-state index contributed by atoms with van der Waals surface area (Å²) < 4.78 is 0. The van der Waals surface area contributed by atoms with Gasteiger partial charge in [-0.05, 0) is 51.3 Å². The second-order valence-corrected chi connectivity index (χ2v) is 3.86. The lowest BCUT2D eigenvalue weighted by Crippen LogP contribution is -1.98. The van der Waals surface area contributed by atoms with Crippen LogP contribution in [0.25, 0.3) is 0 Å². The van der Waals surface area contributed by atoms with Crippen molar-refractivity contribution in [2.24, 2.45) is 0 Å². The molecule has 0 saturated heterocycles. The quantitative estimate of drug-likeness (QED) is 0.551. The number of rotatable bonds is 0. The minimum absolute atomic E-state index is 1.04. The van der Waals surface area contributed by atoms with Gasteiger partial charge in [-0.15, -0.1) is 0 Å². The van der Waals surface area contributed by atoms with Crippen LogP contribution in [0.5, 0.6) is 0 Å². The fourth-order valence-electron chi connectivity index (χ4n) is 1.47. The van der Waals surface area contributed by atoms with Gasteiger partial charge in [-0.25, -0.2) is 0 Å². The van der Waals surface area contributed by atoms with Crippen molar-refractivity contribution in [2.45, 2.75) is 39.5 Å². The standard InChI is InChI=1S/C11H16S/c1-6-7(2)9(4)11(12)10(5)8(6)3/h12H,1-5H3/p-1. The van der Waals surface area contributed by atoms with Crippen molar-refractivity contribution in [2.75, 3.05) is 0 Å². The Morgan fingerprint density at radius 3 is 1.17 bits per heavy atom. The molecule has 0 saturated carbocycles. The van der Waals surface area contributed by atoms with Gasteiger partial charge in [0.05, 0.1) is 0 Å². The van der Waals surface area contributed by atoms with Crippen LogP contribution in [0.1, 0.15) is 27.8 Å². The Labute approximate surface area is 80.4 Å². The molecule has 0 aliphatic rings. The zero-order valence-electron chi connectivity index (χ0n) is 8.41. The zero-order chi connectivity index (χ0) is 9.46. The van der Waals surface area contributed by atoms with E-state index in [4.69, 9.17) is 12.6 Å². The molecule has 1 aromatic rings. The van der Waals surface area contributed by atoms with Crippen LogP contribution >= 0.6 is 0 Å². The molecule has 1 rings (SSSR count). The minimum Gasteiger partial charge on any atom is -0.779 e. The van der Waals surface area contributed by atoms with Crippen molar-refractivity contribution < 1.29 is 0 Å². The van der Waals surface area contributed by atoms with Crippen LogP contribution in [-0.4, -0.2) is 0 Å². The zero-order valence-corrected chi connectivity index (χ0v) is 9.22. The summed E-state index contributed by atoms with van der Waals surface area (Å²) in [6.45, 7) is 10.7. The molecule has 0 nitrogen and oxygen atoms in total. The molecule has 1 heteroatoms. The molecule has 0 radical (unpaired) electrons. The van der Waals surface area contributed by atoms with E-state index in [2.05, 4.69) is 34.6 Å². The van der Waals surface area contributed by atoms with E-state index in [1.807, 2.05) is 0 Å². The summed E-state index contributed by atoms with van der Waals surface area (Å²) in [6.07, 6.45) is 0. The summed E-state index contributed by atoms with van der Waals surface area (Å²) in [4.78, 5) is 1.04. The van der Waals surface area contributed by atoms with Crippen LogP contribution in [0.15, 0.2) is 4.90 Å². The second kappa shape index (κ2) is 3.06. The molecule has 0 amide bonds. The maximum atomic E-state index is 5.33.